The van der Waals surface area contributed by atoms with E-state index in [1.807, 2.05) is 51.1 Å². The number of nitrogens with one attached hydrogen (secondary N) is 4. The number of carbonyl (C=O) groups is 12. The molecule has 0 unspecified atom stereocenters. The van der Waals surface area contributed by atoms with Crippen LogP contribution in [0.1, 0.15) is 143 Å². The quantitative estimate of drug-likeness (QED) is 0.0336. The van der Waals surface area contributed by atoms with Gasteiger partial charge in [-0.15, -0.1) is 0 Å². The molecule has 5 rings (SSSR count). The number of likely N-dealkylation sites (N-methyl/N-ethyl adjacent to an activating group) is 2. The van der Waals surface area contributed by atoms with E-state index < -0.39 is 170 Å². The number of hydrogen-bond donors (Lipinski definition) is 10. The van der Waals surface area contributed by atoms with E-state index in [0.29, 0.717) is 42.7 Å². The van der Waals surface area contributed by atoms with Crippen LogP contribution in [0, 0.1) is 35.5 Å². The second kappa shape index (κ2) is 43.0. The lowest BCUT2D eigenvalue weighted by Crippen LogP contribution is -2.61. The Hall–Kier alpha value is -8.34. The number of carboxylic acids is 1. The minimum atomic E-state index is -2.08. The van der Waals surface area contributed by atoms with Gasteiger partial charge in [-0.1, -0.05) is 98.2 Å². The van der Waals surface area contributed by atoms with Crippen LogP contribution in [0.2, 0.25) is 0 Å². The van der Waals surface area contributed by atoms with Gasteiger partial charge < -0.3 is 95.7 Å². The molecule has 2 saturated heterocycles. The minimum absolute atomic E-state index is 0.0167. The predicted molar refractivity (Wildman–Crippen MR) is 388 cm³/mol. The summed E-state index contributed by atoms with van der Waals surface area (Å²) in [5, 5.41) is 63.1. The lowest BCUT2D eigenvalue weighted by Gasteiger charge is -2.41. The van der Waals surface area contributed by atoms with Gasteiger partial charge in [-0.25, -0.2) is 9.59 Å². The molecule has 3 heterocycles. The van der Waals surface area contributed by atoms with Crippen molar-refractivity contribution in [3.05, 3.63) is 71.8 Å². The minimum Gasteiger partial charge on any atom is -0.479 e. The molecule has 17 atom stereocenters. The number of nitrogens with two attached hydrogens (primary N) is 1. The molecule has 0 radical (unpaired) electrons. The van der Waals surface area contributed by atoms with E-state index in [4.69, 9.17) is 34.2 Å². The maximum atomic E-state index is 15.0. The Kier molecular flexibility index (Phi) is 35.9. The number of unbranched alkanes of at least 4 members (excludes halogenated alkanes) is 1. The van der Waals surface area contributed by atoms with Crippen LogP contribution in [0.15, 0.2) is 60.7 Å². The Morgan fingerprint density at radius 1 is 0.748 bits per heavy atom. The van der Waals surface area contributed by atoms with Gasteiger partial charge >= 0.3 is 12.1 Å². The lowest BCUT2D eigenvalue weighted by atomic mass is 9.83. The zero-order valence-electron chi connectivity index (χ0n) is 63.7. The molecular formula is C75H113N9O23. The van der Waals surface area contributed by atoms with Gasteiger partial charge in [-0.05, 0) is 79.0 Å². The van der Waals surface area contributed by atoms with Gasteiger partial charge in [-0.3, -0.25) is 52.8 Å². The highest BCUT2D eigenvalue weighted by atomic mass is 16.7. The first-order valence-electron chi connectivity index (χ1n) is 36.6. The first kappa shape index (κ1) is 89.3. The number of imide groups is 1. The van der Waals surface area contributed by atoms with E-state index in [1.165, 1.54) is 46.6 Å². The summed E-state index contributed by atoms with van der Waals surface area (Å²) in [6.07, 6.45) is -9.84. The molecule has 2 aromatic rings. The molecule has 2 aromatic carbocycles. The van der Waals surface area contributed by atoms with E-state index in [2.05, 4.69) is 21.3 Å². The summed E-state index contributed by atoms with van der Waals surface area (Å²) in [5.74, 6) is -10.6. The maximum absolute atomic E-state index is 15.0. The molecule has 32 heteroatoms. The number of methoxy groups -OCH3 is 3. The van der Waals surface area contributed by atoms with Crippen molar-refractivity contribution in [2.75, 3.05) is 73.5 Å². The Labute approximate surface area is 625 Å². The highest BCUT2D eigenvalue weighted by Crippen LogP contribution is 2.35. The predicted octanol–water partition coefficient (Wildman–Crippen LogP) is 2.54. The van der Waals surface area contributed by atoms with Crippen molar-refractivity contribution in [1.29, 1.82) is 0 Å². The van der Waals surface area contributed by atoms with Gasteiger partial charge in [0, 0.05) is 111 Å². The first-order chi connectivity index (χ1) is 50.7. The first-order valence-corrected chi connectivity index (χ1v) is 36.6. The Morgan fingerprint density at radius 3 is 2.02 bits per heavy atom. The van der Waals surface area contributed by atoms with Gasteiger partial charge in [0.1, 0.15) is 48.5 Å². The van der Waals surface area contributed by atoms with Crippen LogP contribution in [0.5, 0.6) is 5.75 Å². The molecule has 11 N–H and O–H groups in total. The van der Waals surface area contributed by atoms with Gasteiger partial charge in [0.15, 0.2) is 11.9 Å². The molecule has 3 aliphatic heterocycles. The van der Waals surface area contributed by atoms with Crippen molar-refractivity contribution in [1.82, 2.24) is 35.6 Å². The van der Waals surface area contributed by atoms with Crippen molar-refractivity contribution in [3.8, 4) is 5.75 Å². The van der Waals surface area contributed by atoms with E-state index in [1.54, 1.807) is 51.5 Å². The fourth-order valence-corrected chi connectivity index (χ4v) is 13.9. The summed E-state index contributed by atoms with van der Waals surface area (Å²) in [4.78, 5) is 168. The number of nitrogens with zero attached hydrogens (tertiary/aromatic N) is 4. The van der Waals surface area contributed by atoms with Crippen LogP contribution in [0.3, 0.4) is 0 Å². The second-order valence-electron chi connectivity index (χ2n) is 28.5. The number of aliphatic hydroxyl groups excluding tert-OH is 4. The fourth-order valence-electron chi connectivity index (χ4n) is 13.9. The number of rotatable bonds is 44. The molecule has 0 aliphatic carbocycles. The molecule has 9 amide bonds. The average molecular weight is 1510 g/mol. The number of ether oxygens (including phenoxy) is 6. The zero-order chi connectivity index (χ0) is 79.7. The molecule has 0 aromatic heterocycles. The number of anilines is 1. The van der Waals surface area contributed by atoms with Gasteiger partial charge in [0.05, 0.1) is 55.2 Å². The van der Waals surface area contributed by atoms with Crippen LogP contribution < -0.4 is 31.7 Å². The molecule has 3 aliphatic rings. The summed E-state index contributed by atoms with van der Waals surface area (Å²) in [7, 11) is 7.44. The van der Waals surface area contributed by atoms with E-state index >= 15 is 4.79 Å². The largest absolute Gasteiger partial charge is 0.479 e. The standard InChI is InChI=1S/C75H113N9O23/c1-14-43(6)63(56(103-12)38-61(91)83-33-20-24-51(83)68(104-13)45(8)53(85)35-44(7)64(92)47-21-16-15-17-22-47)81(9)72(98)48(41(2)3)37-54(86)62(42(4)5)82(10)75(101)105-40-46-25-26-55(106-74-67(95)65(93)66(94)69(107-74)73(99)100)50(36-46)79-58(88)29-32-78-70(96)49(23-18-19-31-77-57(87)30-34-102-11)80-71(97)52(39-76)84-59(89)27-28-60(84)90/h15-17,21-22,25-28,36,41-45,48-49,51-52,56,62-69,74,92-95H,14,18-20,23-24,29-35,37-40,76H2,1-13H3,(H,77,87)(H,78,96)(H,79,88)(H,80,97)(H,99,100)/t43-,44-,45-,48-,49-,51-,52-,56+,62-,63-,64+,65-,66-,67+,68+,69-,74+/m0/s1. The van der Waals surface area contributed by atoms with Crippen molar-refractivity contribution in [3.63, 3.8) is 0 Å². The number of carboxylic acid groups (broad SMARTS) is 1. The number of carbonyl (C=O) groups excluding carboxylic acids is 11. The molecule has 32 nitrogen and oxygen atoms in total. The average Bonchev–Trinajstić information content (AvgIpc) is 1.63. The van der Waals surface area contributed by atoms with Gasteiger partial charge in [-0.2, -0.15) is 0 Å². The number of aliphatic hydroxyl groups is 4. The lowest BCUT2D eigenvalue weighted by molar-refractivity contribution is -0.271. The molecule has 2 fully saturated rings. The third kappa shape index (κ3) is 24.6. The van der Waals surface area contributed by atoms with E-state index in [9.17, 15) is 78.3 Å². The second-order valence-corrected chi connectivity index (χ2v) is 28.5. The van der Waals surface area contributed by atoms with Gasteiger partial charge in [0.25, 0.3) is 11.8 Å². The molecule has 596 valence electrons. The molecule has 0 spiro atoms. The summed E-state index contributed by atoms with van der Waals surface area (Å²) < 4.78 is 34.0. The van der Waals surface area contributed by atoms with Crippen molar-refractivity contribution in [2.45, 2.75) is 212 Å². The Bertz CT molecular complexity index is 3360. The van der Waals surface area contributed by atoms with Crippen LogP contribution in [0.4, 0.5) is 10.5 Å². The van der Waals surface area contributed by atoms with Crippen molar-refractivity contribution >= 4 is 76.6 Å². The normalized spacial score (nSPS) is 21.0. The maximum Gasteiger partial charge on any atom is 0.410 e. The topological polar surface area (TPSA) is 448 Å². The molecule has 0 bridgehead atoms. The highest BCUT2D eigenvalue weighted by Gasteiger charge is 2.49. The smallest absolute Gasteiger partial charge is 0.410 e. The molecular weight excluding hydrogens is 1390 g/mol. The fraction of sp³-hybridized carbons (Fsp3) is 0.653. The Balaban J connectivity index is 1.30. The molecule has 107 heavy (non-hydrogen) atoms. The number of amides is 9. The third-order valence-electron chi connectivity index (χ3n) is 20.2. The van der Waals surface area contributed by atoms with E-state index in [0.717, 1.165) is 17.1 Å². The Morgan fingerprint density at radius 2 is 1.42 bits per heavy atom. The van der Waals surface area contributed by atoms with Crippen molar-refractivity contribution in [2.24, 2.45) is 41.2 Å². The monoisotopic (exact) mass is 1510 g/mol. The van der Waals surface area contributed by atoms with Crippen LogP contribution in [-0.4, -0.2) is 257 Å². The SMILES string of the molecule is CC[C@H](C)[C@@H]([C@@H](CC(=O)N1CCC[C@H]1[C@H](OC)[C@@H](C)C(=O)C[C@H](C)[C@@H](O)c1ccccc1)OC)N(C)C(=O)[C@@H](CC(=O)[C@H](C(C)C)N(C)C(=O)OCc1ccc(O[C@@H]2O[C@H](C(=O)O)[C@@H](O)[C@H](O)[C@H]2O)c(NC(=O)CCNC(=O)[C@H](CCCCNC(=O)CCOC)NC(=O)[C@H](CN)N2C(=O)C=CC2=O)c1)C(C)C. The van der Waals surface area contributed by atoms with E-state index in [-0.39, 0.29) is 111 Å². The summed E-state index contributed by atoms with van der Waals surface area (Å²) in [6, 6.07) is 7.98. The highest BCUT2D eigenvalue weighted by molar-refractivity contribution is 6.15. The number of benzene rings is 2. The van der Waals surface area contributed by atoms with Crippen LogP contribution in [-0.2, 0) is 83.0 Å². The van der Waals surface area contributed by atoms with Crippen LogP contribution >= 0.6 is 0 Å². The summed E-state index contributed by atoms with van der Waals surface area (Å²) >= 11 is 0. The zero-order valence-corrected chi connectivity index (χ0v) is 63.7. The number of ketones is 2. The molecule has 0 saturated carbocycles. The summed E-state index contributed by atoms with van der Waals surface area (Å²) in [5.41, 5.74) is 6.52. The number of hydrogen-bond acceptors (Lipinski definition) is 23. The third-order valence-corrected chi connectivity index (χ3v) is 20.2. The van der Waals surface area contributed by atoms with Crippen LogP contribution in [0.25, 0.3) is 0 Å². The van der Waals surface area contributed by atoms with Crippen molar-refractivity contribution < 1.29 is 111 Å². The summed E-state index contributed by atoms with van der Waals surface area (Å²) in [6.45, 7) is 14.0. The number of likely N-dealkylation sites (tertiary alicyclic amines) is 1. The number of Topliss-reactive ketones (excluding diaryl/α,β-unsaturated/α-hetero) is 2. The van der Waals surface area contributed by atoms with Gasteiger partial charge in [0.2, 0.25) is 41.7 Å². The number of aliphatic carboxylic acids is 1.